The van der Waals surface area contributed by atoms with E-state index in [4.69, 9.17) is 0 Å². The quantitative estimate of drug-likeness (QED) is 0.677. The van der Waals surface area contributed by atoms with E-state index in [1.165, 1.54) is 27.5 Å². The Morgan fingerprint density at radius 1 is 0.810 bits per heavy atom. The molecule has 0 spiro atoms. The molecule has 0 unspecified atom stereocenters. The third-order valence-corrected chi connectivity index (χ3v) is 4.21. The second-order valence-electron chi connectivity index (χ2n) is 5.68. The molecule has 0 nitrogen and oxygen atoms in total. The summed E-state index contributed by atoms with van der Waals surface area (Å²) in [5.74, 6) is 0. The maximum absolute atomic E-state index is 4.36. The largest absolute Gasteiger partial charge is 0.0943 e. The Labute approximate surface area is 128 Å². The highest BCUT2D eigenvalue weighted by molar-refractivity contribution is 5.88. The summed E-state index contributed by atoms with van der Waals surface area (Å²) in [5, 5.41) is 2.26. The molecule has 0 saturated heterocycles. The van der Waals surface area contributed by atoms with Crippen LogP contribution in [0, 0.1) is 0 Å². The predicted octanol–water partition coefficient (Wildman–Crippen LogP) is 4.17. The molecule has 3 rings (SSSR count). The van der Waals surface area contributed by atoms with Crippen LogP contribution < -0.4 is 10.4 Å². The lowest BCUT2D eigenvalue weighted by Crippen LogP contribution is -2.26. The summed E-state index contributed by atoms with van der Waals surface area (Å²) >= 11 is 0. The molecule has 0 atom stereocenters. The monoisotopic (exact) mass is 276 g/mol. The molecule has 0 saturated carbocycles. The Kier molecular flexibility index (Phi) is 4.18. The summed E-state index contributed by atoms with van der Waals surface area (Å²) in [6.07, 6.45) is 0. The topological polar surface area (TPSA) is 0 Å². The van der Waals surface area contributed by atoms with Crippen LogP contribution in [0.4, 0.5) is 0 Å². The summed E-state index contributed by atoms with van der Waals surface area (Å²) in [7, 11) is 0. The lowest BCUT2D eigenvalue weighted by atomic mass is 9.83. The van der Waals surface area contributed by atoms with E-state index < -0.39 is 0 Å². The van der Waals surface area contributed by atoms with Gasteiger partial charge in [0.25, 0.3) is 0 Å². The Bertz CT molecular complexity index is 776. The van der Waals surface area contributed by atoms with Gasteiger partial charge in [-0.3, -0.25) is 0 Å². The average Bonchev–Trinajstić information content (AvgIpc) is 2.70. The number of rotatable bonds is 0. The van der Waals surface area contributed by atoms with Gasteiger partial charge in [0.05, 0.1) is 0 Å². The standard InChI is InChI=1S/C19H18.C2H6/c1-13-9-5-6-10-15(13)18-14(2)19(3,4)17-12-8-7-11-16(17)18;1-2/h5-12H,1-2H2,3-4H3;1-2H3/b18-15+;. The number of hydrogen-bond donors (Lipinski definition) is 0. The molecule has 0 radical (unpaired) electrons. The van der Waals surface area contributed by atoms with Crippen molar-refractivity contribution in [3.63, 3.8) is 0 Å². The Balaban J connectivity index is 0.000000774. The van der Waals surface area contributed by atoms with Crippen LogP contribution in [-0.4, -0.2) is 0 Å². The first-order chi connectivity index (χ1) is 10.0. The molecule has 0 heteroatoms. The molecule has 2 aromatic rings. The fourth-order valence-corrected chi connectivity index (χ4v) is 2.96. The fraction of sp³-hybridized carbons (Fsp3) is 0.238. The first-order valence-electron chi connectivity index (χ1n) is 7.61. The smallest absolute Gasteiger partial charge is 0.0153 e. The maximum atomic E-state index is 4.36. The molecule has 0 bridgehead atoms. The molecule has 0 amide bonds. The van der Waals surface area contributed by atoms with Crippen LogP contribution >= 0.6 is 0 Å². The van der Waals surface area contributed by atoms with E-state index in [1.807, 2.05) is 19.9 Å². The van der Waals surface area contributed by atoms with E-state index >= 15 is 0 Å². The fourth-order valence-electron chi connectivity index (χ4n) is 2.96. The van der Waals surface area contributed by atoms with Gasteiger partial charge in [0, 0.05) is 5.41 Å². The third-order valence-electron chi connectivity index (χ3n) is 4.21. The first kappa shape index (κ1) is 15.3. The van der Waals surface area contributed by atoms with Crippen molar-refractivity contribution in [3.8, 4) is 0 Å². The van der Waals surface area contributed by atoms with Gasteiger partial charge in [0.1, 0.15) is 0 Å². The minimum absolute atomic E-state index is 0.00575. The average molecular weight is 276 g/mol. The van der Waals surface area contributed by atoms with E-state index in [0.717, 1.165) is 5.22 Å². The van der Waals surface area contributed by atoms with Crippen LogP contribution in [0.3, 0.4) is 0 Å². The Morgan fingerprint density at radius 3 is 2.05 bits per heavy atom. The zero-order valence-corrected chi connectivity index (χ0v) is 13.5. The zero-order chi connectivity index (χ0) is 15.6. The lowest BCUT2D eigenvalue weighted by Gasteiger charge is -2.20. The van der Waals surface area contributed by atoms with Crippen molar-refractivity contribution >= 4 is 12.2 Å². The second-order valence-corrected chi connectivity index (χ2v) is 5.68. The summed E-state index contributed by atoms with van der Waals surface area (Å²) in [6, 6.07) is 16.9. The van der Waals surface area contributed by atoms with Gasteiger partial charge in [-0.05, 0) is 32.7 Å². The molecule has 1 aliphatic carbocycles. The molecular formula is C21H24. The Hall–Kier alpha value is -2.08. The van der Waals surface area contributed by atoms with E-state index in [0.29, 0.717) is 0 Å². The summed E-state index contributed by atoms with van der Waals surface area (Å²) < 4.78 is 0. The van der Waals surface area contributed by atoms with Gasteiger partial charge in [0.2, 0.25) is 0 Å². The van der Waals surface area contributed by atoms with Gasteiger partial charge in [-0.2, -0.15) is 0 Å². The van der Waals surface area contributed by atoms with Crippen molar-refractivity contribution in [1.82, 2.24) is 0 Å². The highest BCUT2D eigenvalue weighted by Crippen LogP contribution is 2.47. The number of benzene rings is 2. The van der Waals surface area contributed by atoms with Crippen molar-refractivity contribution in [1.29, 1.82) is 0 Å². The molecule has 21 heavy (non-hydrogen) atoms. The van der Waals surface area contributed by atoms with Gasteiger partial charge >= 0.3 is 0 Å². The summed E-state index contributed by atoms with van der Waals surface area (Å²) in [5.41, 5.74) is 5.09. The van der Waals surface area contributed by atoms with Gasteiger partial charge < -0.3 is 0 Å². The third kappa shape index (κ3) is 2.35. The first-order valence-corrected chi connectivity index (χ1v) is 7.61. The highest BCUT2D eigenvalue weighted by atomic mass is 14.4. The molecule has 0 aliphatic heterocycles. The zero-order valence-electron chi connectivity index (χ0n) is 13.5. The van der Waals surface area contributed by atoms with Crippen molar-refractivity contribution < 1.29 is 0 Å². The van der Waals surface area contributed by atoms with Crippen molar-refractivity contribution in [3.05, 3.63) is 82.2 Å². The normalized spacial score (nSPS) is 17.8. The van der Waals surface area contributed by atoms with E-state index in [2.05, 4.69) is 69.5 Å². The molecule has 0 aromatic heterocycles. The lowest BCUT2D eigenvalue weighted by molar-refractivity contribution is 0.663. The number of hydrogen-bond acceptors (Lipinski definition) is 0. The van der Waals surface area contributed by atoms with Gasteiger partial charge in [-0.15, -0.1) is 0 Å². The Morgan fingerprint density at radius 2 is 1.38 bits per heavy atom. The van der Waals surface area contributed by atoms with Gasteiger partial charge in [-0.1, -0.05) is 89.4 Å². The van der Waals surface area contributed by atoms with Crippen LogP contribution in [0.2, 0.25) is 0 Å². The van der Waals surface area contributed by atoms with Crippen molar-refractivity contribution in [2.75, 3.05) is 0 Å². The molecule has 0 N–H and O–H groups in total. The van der Waals surface area contributed by atoms with E-state index in [9.17, 15) is 0 Å². The number of fused-ring (bicyclic) bond motifs is 1. The summed E-state index contributed by atoms with van der Waals surface area (Å²) in [4.78, 5) is 0. The molecule has 0 heterocycles. The summed E-state index contributed by atoms with van der Waals surface area (Å²) in [6.45, 7) is 17.0. The van der Waals surface area contributed by atoms with Crippen LogP contribution in [-0.2, 0) is 5.41 Å². The SMILES string of the molecule is C=C1/C(=c2/ccccc2=C)c2ccccc2C1(C)C.CC. The highest BCUT2D eigenvalue weighted by Gasteiger charge is 2.36. The van der Waals surface area contributed by atoms with E-state index in [-0.39, 0.29) is 5.41 Å². The van der Waals surface area contributed by atoms with Crippen LogP contribution in [0.25, 0.3) is 12.2 Å². The molecule has 1 aliphatic rings. The number of allylic oxidation sites excluding steroid dienone is 1. The van der Waals surface area contributed by atoms with Crippen molar-refractivity contribution in [2.45, 2.75) is 33.1 Å². The van der Waals surface area contributed by atoms with Gasteiger partial charge in [-0.25, -0.2) is 0 Å². The van der Waals surface area contributed by atoms with Gasteiger partial charge in [0.15, 0.2) is 0 Å². The van der Waals surface area contributed by atoms with Crippen molar-refractivity contribution in [2.24, 2.45) is 0 Å². The van der Waals surface area contributed by atoms with Crippen LogP contribution in [0.15, 0.2) is 60.7 Å². The predicted molar refractivity (Wildman–Crippen MR) is 93.7 cm³/mol. The van der Waals surface area contributed by atoms with E-state index in [1.54, 1.807) is 0 Å². The second kappa shape index (κ2) is 5.73. The minimum Gasteiger partial charge on any atom is -0.0943 e. The van der Waals surface area contributed by atoms with Crippen LogP contribution in [0.1, 0.15) is 38.8 Å². The minimum atomic E-state index is -0.00575. The molecule has 108 valence electrons. The maximum Gasteiger partial charge on any atom is 0.0153 e. The molecule has 2 aromatic carbocycles. The van der Waals surface area contributed by atoms with Crippen LogP contribution in [0.5, 0.6) is 0 Å². The molecular weight excluding hydrogens is 252 g/mol. The molecule has 0 fully saturated rings.